The molecule has 0 saturated carbocycles. The molecule has 0 fully saturated rings. The molecule has 2 aromatic rings. The van der Waals surface area contributed by atoms with E-state index in [2.05, 4.69) is 10.1 Å². The highest BCUT2D eigenvalue weighted by Crippen LogP contribution is 2.31. The third-order valence-electron chi connectivity index (χ3n) is 3.89. The number of ether oxygens (including phenoxy) is 1. The summed E-state index contributed by atoms with van der Waals surface area (Å²) in [6.07, 6.45) is 1.66. The number of carbonyl (C=O) groups is 2. The average Bonchev–Trinajstić information content (AvgIpc) is 3.01. The van der Waals surface area contributed by atoms with Gasteiger partial charge in [-0.3, -0.25) is 9.59 Å². The van der Waals surface area contributed by atoms with Gasteiger partial charge < -0.3 is 15.0 Å². The van der Waals surface area contributed by atoms with Crippen LogP contribution in [0.2, 0.25) is 0 Å². The number of benzene rings is 1. The summed E-state index contributed by atoms with van der Waals surface area (Å²) in [7, 11) is 0. The van der Waals surface area contributed by atoms with Gasteiger partial charge in [0, 0.05) is 24.8 Å². The Hall–Kier alpha value is -2.48. The van der Waals surface area contributed by atoms with Crippen LogP contribution in [0.1, 0.15) is 28.6 Å². The number of alkyl halides is 2. The topological polar surface area (TPSA) is 58.6 Å². The summed E-state index contributed by atoms with van der Waals surface area (Å²) in [4.78, 5) is 25.8. The van der Waals surface area contributed by atoms with Gasteiger partial charge in [-0.05, 0) is 48.1 Å². The Labute approximate surface area is 147 Å². The van der Waals surface area contributed by atoms with E-state index in [4.69, 9.17) is 0 Å². The smallest absolute Gasteiger partial charge is 0.387 e. The summed E-state index contributed by atoms with van der Waals surface area (Å²) >= 11 is 1.03. The fourth-order valence-corrected chi connectivity index (χ4v) is 3.56. The zero-order chi connectivity index (χ0) is 18.0. The highest BCUT2D eigenvalue weighted by atomic mass is 32.1. The lowest BCUT2D eigenvalue weighted by molar-refractivity contribution is -0.116. The van der Waals surface area contributed by atoms with Gasteiger partial charge >= 0.3 is 6.61 Å². The number of nitrogens with zero attached hydrogens (tertiary/aromatic N) is 1. The normalized spacial score (nSPS) is 13.5. The summed E-state index contributed by atoms with van der Waals surface area (Å²) in [6.45, 7) is -0.786. The molecule has 1 aromatic carbocycles. The standard InChI is InChI=1S/C17H16F2N2O3S/c1-10(22)21-7-2-3-11-9-12(4-5-13(11)21)20-16(23)15-14(6-8-25-15)24-17(18)19/h4-6,8-9,17H,2-3,7H2,1H3,(H,20,23). The number of halogens is 2. The molecule has 0 radical (unpaired) electrons. The van der Waals surface area contributed by atoms with Gasteiger partial charge in [-0.25, -0.2) is 0 Å². The molecule has 8 heteroatoms. The summed E-state index contributed by atoms with van der Waals surface area (Å²) in [5.41, 5.74) is 2.36. The van der Waals surface area contributed by atoms with Gasteiger partial charge in [-0.15, -0.1) is 11.3 Å². The quantitative estimate of drug-likeness (QED) is 0.893. The Kier molecular flexibility index (Phi) is 4.98. The second kappa shape index (κ2) is 7.18. The molecular formula is C17H16F2N2O3S. The van der Waals surface area contributed by atoms with Gasteiger partial charge in [-0.2, -0.15) is 8.78 Å². The molecule has 2 amide bonds. The number of nitrogens with one attached hydrogen (secondary N) is 1. The lowest BCUT2D eigenvalue weighted by Gasteiger charge is -2.28. The van der Waals surface area contributed by atoms with Gasteiger partial charge in [0.1, 0.15) is 10.6 Å². The molecule has 5 nitrogen and oxygen atoms in total. The number of thiophene rings is 1. The van der Waals surface area contributed by atoms with E-state index in [1.165, 1.54) is 18.4 Å². The number of carbonyl (C=O) groups excluding carboxylic acids is 2. The first kappa shape index (κ1) is 17.3. The Morgan fingerprint density at radius 3 is 2.84 bits per heavy atom. The molecule has 0 unspecified atom stereocenters. The number of fused-ring (bicyclic) bond motifs is 1. The fraction of sp³-hybridized carbons (Fsp3) is 0.294. The third kappa shape index (κ3) is 3.79. The van der Waals surface area contributed by atoms with Crippen molar-refractivity contribution in [2.75, 3.05) is 16.8 Å². The van der Waals surface area contributed by atoms with Crippen LogP contribution in [0.4, 0.5) is 20.2 Å². The molecule has 0 spiro atoms. The van der Waals surface area contributed by atoms with Crippen molar-refractivity contribution in [1.29, 1.82) is 0 Å². The second-order valence-corrected chi connectivity index (χ2v) is 6.48. The maximum Gasteiger partial charge on any atom is 0.387 e. The van der Waals surface area contributed by atoms with Gasteiger partial charge in [0.25, 0.3) is 5.91 Å². The zero-order valence-corrected chi connectivity index (χ0v) is 14.2. The number of aryl methyl sites for hydroxylation is 1. The predicted octanol–water partition coefficient (Wildman–Crippen LogP) is 3.90. The molecule has 1 aliphatic heterocycles. The van der Waals surface area contributed by atoms with E-state index >= 15 is 0 Å². The molecule has 0 saturated heterocycles. The van der Waals surface area contributed by atoms with E-state index in [9.17, 15) is 18.4 Å². The van der Waals surface area contributed by atoms with Crippen molar-refractivity contribution >= 4 is 34.5 Å². The maximum atomic E-state index is 12.4. The number of hydrogen-bond donors (Lipinski definition) is 1. The maximum absolute atomic E-state index is 12.4. The van der Waals surface area contributed by atoms with Crippen LogP contribution in [0.5, 0.6) is 5.75 Å². The first-order chi connectivity index (χ1) is 12.0. The Balaban J connectivity index is 1.79. The lowest BCUT2D eigenvalue weighted by atomic mass is 10.0. The van der Waals surface area contributed by atoms with Gasteiger partial charge in [0.05, 0.1) is 0 Å². The highest BCUT2D eigenvalue weighted by molar-refractivity contribution is 7.12. The number of rotatable bonds is 4. The van der Waals surface area contributed by atoms with Crippen molar-refractivity contribution in [2.45, 2.75) is 26.4 Å². The summed E-state index contributed by atoms with van der Waals surface area (Å²) in [5, 5.41) is 4.21. The van der Waals surface area contributed by atoms with Crippen LogP contribution in [0.25, 0.3) is 0 Å². The van der Waals surface area contributed by atoms with Crippen LogP contribution in [-0.2, 0) is 11.2 Å². The van der Waals surface area contributed by atoms with E-state index < -0.39 is 12.5 Å². The molecule has 25 heavy (non-hydrogen) atoms. The van der Waals surface area contributed by atoms with E-state index in [1.54, 1.807) is 17.0 Å². The molecule has 3 rings (SSSR count). The molecular weight excluding hydrogens is 350 g/mol. The minimum absolute atomic E-state index is 0.0230. The summed E-state index contributed by atoms with van der Waals surface area (Å²) in [5.74, 6) is -0.673. The van der Waals surface area contributed by atoms with Crippen molar-refractivity contribution in [1.82, 2.24) is 0 Å². The van der Waals surface area contributed by atoms with Crippen LogP contribution in [0.15, 0.2) is 29.6 Å². The van der Waals surface area contributed by atoms with Crippen LogP contribution in [0.3, 0.4) is 0 Å². The fourth-order valence-electron chi connectivity index (χ4n) is 2.84. The van der Waals surface area contributed by atoms with Crippen molar-refractivity contribution in [3.63, 3.8) is 0 Å². The van der Waals surface area contributed by atoms with E-state index in [0.717, 1.165) is 35.4 Å². The number of hydrogen-bond acceptors (Lipinski definition) is 4. The minimum Gasteiger partial charge on any atom is -0.433 e. The molecule has 1 aromatic heterocycles. The van der Waals surface area contributed by atoms with Gasteiger partial charge in [0.2, 0.25) is 5.91 Å². The number of amides is 2. The van der Waals surface area contributed by atoms with E-state index in [0.29, 0.717) is 12.2 Å². The van der Waals surface area contributed by atoms with Crippen molar-refractivity contribution in [3.05, 3.63) is 40.1 Å². The highest BCUT2D eigenvalue weighted by Gasteiger charge is 2.21. The Bertz CT molecular complexity index is 807. The average molecular weight is 366 g/mol. The third-order valence-corrected chi connectivity index (χ3v) is 4.78. The van der Waals surface area contributed by atoms with Crippen LogP contribution >= 0.6 is 11.3 Å². The van der Waals surface area contributed by atoms with E-state index in [-0.39, 0.29) is 16.5 Å². The molecule has 0 atom stereocenters. The monoisotopic (exact) mass is 366 g/mol. The van der Waals surface area contributed by atoms with Gasteiger partial charge in [0.15, 0.2) is 0 Å². The minimum atomic E-state index is -2.98. The zero-order valence-electron chi connectivity index (χ0n) is 13.4. The molecule has 2 heterocycles. The molecule has 1 N–H and O–H groups in total. The van der Waals surface area contributed by atoms with Crippen molar-refractivity contribution < 1.29 is 23.1 Å². The molecule has 1 aliphatic rings. The number of anilines is 2. The van der Waals surface area contributed by atoms with Crippen LogP contribution < -0.4 is 15.0 Å². The second-order valence-electron chi connectivity index (χ2n) is 5.56. The molecule has 0 bridgehead atoms. The Morgan fingerprint density at radius 2 is 2.12 bits per heavy atom. The van der Waals surface area contributed by atoms with Crippen molar-refractivity contribution in [2.24, 2.45) is 0 Å². The summed E-state index contributed by atoms with van der Waals surface area (Å²) in [6, 6.07) is 6.63. The van der Waals surface area contributed by atoms with Gasteiger partial charge in [-0.1, -0.05) is 0 Å². The van der Waals surface area contributed by atoms with Crippen molar-refractivity contribution in [3.8, 4) is 5.75 Å². The summed E-state index contributed by atoms with van der Waals surface area (Å²) < 4.78 is 29.1. The largest absolute Gasteiger partial charge is 0.433 e. The van der Waals surface area contributed by atoms with E-state index in [1.807, 2.05) is 6.07 Å². The van der Waals surface area contributed by atoms with Crippen LogP contribution in [0, 0.1) is 0 Å². The van der Waals surface area contributed by atoms with Crippen LogP contribution in [-0.4, -0.2) is 25.0 Å². The molecule has 0 aliphatic carbocycles. The first-order valence-corrected chi connectivity index (χ1v) is 8.58. The molecule has 132 valence electrons. The predicted molar refractivity (Wildman–Crippen MR) is 91.7 cm³/mol. The lowest BCUT2D eigenvalue weighted by Crippen LogP contribution is -2.33. The Morgan fingerprint density at radius 1 is 1.32 bits per heavy atom. The first-order valence-electron chi connectivity index (χ1n) is 7.70. The SMILES string of the molecule is CC(=O)N1CCCc2cc(NC(=O)c3sccc3OC(F)F)ccc21.